The van der Waals surface area contributed by atoms with Crippen molar-refractivity contribution in [2.75, 3.05) is 25.2 Å². The van der Waals surface area contributed by atoms with E-state index in [1.807, 2.05) is 25.1 Å². The molecule has 0 radical (unpaired) electrons. The van der Waals surface area contributed by atoms with Crippen molar-refractivity contribution in [1.82, 2.24) is 4.98 Å². The fraction of sp³-hybridized carbons (Fsp3) is 0.179. The summed E-state index contributed by atoms with van der Waals surface area (Å²) in [6, 6.07) is 16.9. The second-order valence-corrected chi connectivity index (χ2v) is 9.78. The molecule has 3 aromatic carbocycles. The van der Waals surface area contributed by atoms with Crippen LogP contribution in [0.5, 0.6) is 17.2 Å². The van der Waals surface area contributed by atoms with Gasteiger partial charge in [-0.15, -0.1) is 0 Å². The van der Waals surface area contributed by atoms with Gasteiger partial charge in [0.2, 0.25) is 0 Å². The SMILES string of the molecule is COc1cccc([C@H]2/C(=C(\O)c3ccc4c(c3)OCCO4)C(=O)C(=O)N2c2nc3ccc(C)cc3s2)c1. The van der Waals surface area contributed by atoms with E-state index in [0.717, 1.165) is 15.8 Å². The van der Waals surface area contributed by atoms with E-state index in [1.54, 1.807) is 49.6 Å². The third kappa shape index (κ3) is 3.88. The topological polar surface area (TPSA) is 98.2 Å². The molecule has 1 N–H and O–H groups in total. The van der Waals surface area contributed by atoms with Crippen LogP contribution in [0.2, 0.25) is 0 Å². The Hall–Kier alpha value is -4.37. The Balaban J connectivity index is 1.55. The summed E-state index contributed by atoms with van der Waals surface area (Å²) in [5, 5.41) is 11.8. The highest BCUT2D eigenvalue weighted by Gasteiger charge is 2.48. The molecule has 186 valence electrons. The van der Waals surface area contributed by atoms with Gasteiger partial charge in [-0.25, -0.2) is 4.98 Å². The lowest BCUT2D eigenvalue weighted by atomic mass is 9.95. The van der Waals surface area contributed by atoms with Gasteiger partial charge in [-0.3, -0.25) is 14.5 Å². The fourth-order valence-corrected chi connectivity index (χ4v) is 5.72. The molecule has 0 aliphatic carbocycles. The van der Waals surface area contributed by atoms with Crippen LogP contribution in [0.15, 0.2) is 66.2 Å². The first-order valence-electron chi connectivity index (χ1n) is 11.7. The number of fused-ring (bicyclic) bond motifs is 2. The molecule has 0 bridgehead atoms. The van der Waals surface area contributed by atoms with Gasteiger partial charge in [0, 0.05) is 5.56 Å². The van der Waals surface area contributed by atoms with Crippen LogP contribution in [-0.4, -0.2) is 42.1 Å². The number of ether oxygens (including phenoxy) is 3. The Morgan fingerprint density at radius 1 is 1.05 bits per heavy atom. The second kappa shape index (κ2) is 8.94. The number of amides is 1. The largest absolute Gasteiger partial charge is 0.507 e. The number of aliphatic hydroxyl groups excluding tert-OH is 1. The van der Waals surface area contributed by atoms with Crippen LogP contribution in [-0.2, 0) is 9.59 Å². The van der Waals surface area contributed by atoms with E-state index in [2.05, 4.69) is 4.98 Å². The summed E-state index contributed by atoms with van der Waals surface area (Å²) in [5.74, 6) is -0.287. The lowest BCUT2D eigenvalue weighted by Crippen LogP contribution is -2.29. The van der Waals surface area contributed by atoms with Crippen LogP contribution in [0.3, 0.4) is 0 Å². The predicted molar refractivity (Wildman–Crippen MR) is 140 cm³/mol. The third-order valence-electron chi connectivity index (χ3n) is 6.41. The number of anilines is 1. The number of thiazole rings is 1. The highest BCUT2D eigenvalue weighted by atomic mass is 32.1. The highest BCUT2D eigenvalue weighted by Crippen LogP contribution is 2.45. The van der Waals surface area contributed by atoms with Crippen molar-refractivity contribution in [2.45, 2.75) is 13.0 Å². The van der Waals surface area contributed by atoms with Crippen molar-refractivity contribution >= 4 is 44.1 Å². The summed E-state index contributed by atoms with van der Waals surface area (Å²) in [7, 11) is 1.54. The molecule has 0 unspecified atom stereocenters. The normalized spacial score (nSPS) is 18.4. The van der Waals surface area contributed by atoms with Crippen LogP contribution in [0.4, 0.5) is 5.13 Å². The van der Waals surface area contributed by atoms with Crippen molar-refractivity contribution in [1.29, 1.82) is 0 Å². The molecule has 1 aromatic heterocycles. The second-order valence-electron chi connectivity index (χ2n) is 8.77. The molecule has 0 spiro atoms. The summed E-state index contributed by atoms with van der Waals surface area (Å²) in [4.78, 5) is 33.0. The van der Waals surface area contributed by atoms with Gasteiger partial charge in [0.05, 0.1) is 28.9 Å². The molecule has 2 aliphatic rings. The van der Waals surface area contributed by atoms with Gasteiger partial charge in [0.15, 0.2) is 16.6 Å². The molecule has 1 saturated heterocycles. The Bertz CT molecular complexity index is 1610. The lowest BCUT2D eigenvalue weighted by Gasteiger charge is -2.23. The lowest BCUT2D eigenvalue weighted by molar-refractivity contribution is -0.132. The van der Waals surface area contributed by atoms with Crippen LogP contribution in [0.1, 0.15) is 22.7 Å². The number of methoxy groups -OCH3 is 1. The molecule has 9 heteroatoms. The van der Waals surface area contributed by atoms with E-state index in [1.165, 1.54) is 16.2 Å². The minimum atomic E-state index is -0.912. The number of carbonyl (C=O) groups excluding carboxylic acids is 2. The smallest absolute Gasteiger partial charge is 0.301 e. The number of ketones is 1. The number of aromatic nitrogens is 1. The first-order valence-corrected chi connectivity index (χ1v) is 12.5. The van der Waals surface area contributed by atoms with Gasteiger partial charge in [0.25, 0.3) is 5.78 Å². The molecule has 3 heterocycles. The average Bonchev–Trinajstić information content (AvgIpc) is 3.45. The zero-order chi connectivity index (χ0) is 25.7. The summed E-state index contributed by atoms with van der Waals surface area (Å²) < 4.78 is 17.5. The van der Waals surface area contributed by atoms with E-state index < -0.39 is 17.7 Å². The zero-order valence-electron chi connectivity index (χ0n) is 20.1. The Kier molecular flexibility index (Phi) is 5.57. The van der Waals surface area contributed by atoms with Gasteiger partial charge in [-0.05, 0) is 60.5 Å². The standard InChI is InChI=1S/C28H22N2O6S/c1-15-6-8-19-22(12-15)37-28(29-19)30-24(16-4-3-5-18(13-16)34-2)23(26(32)27(30)33)25(31)17-7-9-20-21(14-17)36-11-10-35-20/h3-9,12-14,24,31H,10-11H2,1-2H3/b25-23+/t24-/m0/s1. The number of benzene rings is 3. The first-order chi connectivity index (χ1) is 17.9. The summed E-state index contributed by atoms with van der Waals surface area (Å²) in [6.07, 6.45) is 0. The minimum Gasteiger partial charge on any atom is -0.507 e. The minimum absolute atomic E-state index is 0.0367. The molecule has 1 atom stereocenters. The van der Waals surface area contributed by atoms with E-state index in [9.17, 15) is 14.7 Å². The monoisotopic (exact) mass is 514 g/mol. The Morgan fingerprint density at radius 3 is 2.68 bits per heavy atom. The van der Waals surface area contributed by atoms with Crippen LogP contribution >= 0.6 is 11.3 Å². The number of Topliss-reactive ketones (excluding diaryl/α,β-unsaturated/α-hetero) is 1. The maximum atomic E-state index is 13.5. The molecule has 8 nitrogen and oxygen atoms in total. The number of rotatable bonds is 4. The van der Waals surface area contributed by atoms with Gasteiger partial charge < -0.3 is 19.3 Å². The van der Waals surface area contributed by atoms with E-state index in [4.69, 9.17) is 14.2 Å². The van der Waals surface area contributed by atoms with Gasteiger partial charge in [0.1, 0.15) is 24.7 Å². The van der Waals surface area contributed by atoms with Crippen LogP contribution in [0.25, 0.3) is 16.0 Å². The molecule has 2 aliphatic heterocycles. The summed E-state index contributed by atoms with van der Waals surface area (Å²) >= 11 is 1.32. The molecule has 6 rings (SSSR count). The quantitative estimate of drug-likeness (QED) is 0.232. The molecular formula is C28H22N2O6S. The van der Waals surface area contributed by atoms with Crippen molar-refractivity contribution in [3.05, 3.63) is 82.9 Å². The van der Waals surface area contributed by atoms with E-state index in [0.29, 0.717) is 46.7 Å². The highest BCUT2D eigenvalue weighted by molar-refractivity contribution is 7.22. The fourth-order valence-electron chi connectivity index (χ4n) is 4.63. The van der Waals surface area contributed by atoms with Crippen LogP contribution in [0, 0.1) is 6.92 Å². The molecule has 1 amide bonds. The number of aryl methyl sites for hydroxylation is 1. The van der Waals surface area contributed by atoms with Crippen LogP contribution < -0.4 is 19.1 Å². The maximum absolute atomic E-state index is 13.5. The average molecular weight is 515 g/mol. The molecule has 1 fully saturated rings. The number of hydrogen-bond acceptors (Lipinski definition) is 8. The van der Waals surface area contributed by atoms with Crippen molar-refractivity contribution in [3.8, 4) is 17.2 Å². The number of aliphatic hydroxyl groups is 1. The van der Waals surface area contributed by atoms with Crippen molar-refractivity contribution < 1.29 is 28.9 Å². The maximum Gasteiger partial charge on any atom is 0.301 e. The van der Waals surface area contributed by atoms with Crippen molar-refractivity contribution in [2.24, 2.45) is 0 Å². The first kappa shape index (κ1) is 23.1. The molecule has 37 heavy (non-hydrogen) atoms. The predicted octanol–water partition coefficient (Wildman–Crippen LogP) is 5.01. The van der Waals surface area contributed by atoms with E-state index in [-0.39, 0.29) is 11.3 Å². The Morgan fingerprint density at radius 2 is 1.86 bits per heavy atom. The third-order valence-corrected chi connectivity index (χ3v) is 7.43. The number of nitrogens with zero attached hydrogens (tertiary/aromatic N) is 2. The summed E-state index contributed by atoms with van der Waals surface area (Å²) in [6.45, 7) is 2.79. The number of carbonyl (C=O) groups is 2. The Labute approximate surface area is 216 Å². The molecule has 4 aromatic rings. The van der Waals surface area contributed by atoms with Gasteiger partial charge >= 0.3 is 5.91 Å². The van der Waals surface area contributed by atoms with E-state index >= 15 is 0 Å². The molecular weight excluding hydrogens is 492 g/mol. The van der Waals surface area contributed by atoms with Gasteiger partial charge in [-0.1, -0.05) is 29.5 Å². The zero-order valence-corrected chi connectivity index (χ0v) is 20.9. The summed E-state index contributed by atoms with van der Waals surface area (Å²) in [5.41, 5.74) is 2.70. The van der Waals surface area contributed by atoms with Crippen molar-refractivity contribution in [3.63, 3.8) is 0 Å². The van der Waals surface area contributed by atoms with Gasteiger partial charge in [-0.2, -0.15) is 0 Å². The number of hydrogen-bond donors (Lipinski definition) is 1. The molecule has 0 saturated carbocycles.